The van der Waals surface area contributed by atoms with Crippen LogP contribution in [0.2, 0.25) is 0 Å². The van der Waals surface area contributed by atoms with Gasteiger partial charge in [0.05, 0.1) is 0 Å². The van der Waals surface area contributed by atoms with Gasteiger partial charge in [-0.15, -0.1) is 0 Å². The van der Waals surface area contributed by atoms with E-state index < -0.39 is 10.8 Å². The minimum absolute atomic E-state index is 0.120. The maximum absolute atomic E-state index is 12.2. The van der Waals surface area contributed by atoms with Gasteiger partial charge in [0.2, 0.25) is 0 Å². The first kappa shape index (κ1) is 14.7. The molecular formula is C16H25NOS. The zero-order valence-corrected chi connectivity index (χ0v) is 12.8. The molecule has 106 valence electrons. The van der Waals surface area contributed by atoms with Gasteiger partial charge in [-0.1, -0.05) is 42.2 Å². The van der Waals surface area contributed by atoms with E-state index in [0.717, 1.165) is 0 Å². The molecule has 1 aromatic rings. The number of aryl methyl sites for hydroxylation is 2. The van der Waals surface area contributed by atoms with Gasteiger partial charge >= 0.3 is 0 Å². The summed E-state index contributed by atoms with van der Waals surface area (Å²) in [5, 5.41) is 0. The van der Waals surface area contributed by atoms with Crippen molar-refractivity contribution in [1.29, 1.82) is 0 Å². The molecule has 1 fully saturated rings. The van der Waals surface area contributed by atoms with Gasteiger partial charge in [-0.05, 0) is 38.2 Å². The first-order chi connectivity index (χ1) is 9.04. The van der Waals surface area contributed by atoms with Crippen LogP contribution in [0.15, 0.2) is 18.2 Å². The SMILES string of the molecule is Cc1cc(C)cc(CS(=O)CC(N)C2CCCC2)c1. The highest BCUT2D eigenvalue weighted by molar-refractivity contribution is 7.84. The number of nitrogens with two attached hydrogens (primary N) is 1. The Morgan fingerprint density at radius 2 is 1.79 bits per heavy atom. The number of rotatable bonds is 5. The molecule has 1 aliphatic carbocycles. The lowest BCUT2D eigenvalue weighted by Gasteiger charge is -2.18. The number of hydrogen-bond donors (Lipinski definition) is 1. The molecule has 1 aromatic carbocycles. The van der Waals surface area contributed by atoms with E-state index in [9.17, 15) is 4.21 Å². The zero-order chi connectivity index (χ0) is 13.8. The van der Waals surface area contributed by atoms with Gasteiger partial charge < -0.3 is 5.73 Å². The Kier molecular flexibility index (Phi) is 5.17. The van der Waals surface area contributed by atoms with Crippen LogP contribution in [-0.2, 0) is 16.6 Å². The Balaban J connectivity index is 1.89. The maximum Gasteiger partial charge on any atom is 0.0486 e. The molecule has 0 spiro atoms. The summed E-state index contributed by atoms with van der Waals surface area (Å²) in [5.74, 6) is 1.89. The average molecular weight is 279 g/mol. The number of hydrogen-bond acceptors (Lipinski definition) is 2. The van der Waals surface area contributed by atoms with Gasteiger partial charge in [-0.3, -0.25) is 4.21 Å². The lowest BCUT2D eigenvalue weighted by Crippen LogP contribution is -2.34. The van der Waals surface area contributed by atoms with E-state index in [1.54, 1.807) is 0 Å². The van der Waals surface area contributed by atoms with Gasteiger partial charge in [0.25, 0.3) is 0 Å². The number of benzene rings is 1. The van der Waals surface area contributed by atoms with Crippen LogP contribution in [0.3, 0.4) is 0 Å². The molecule has 0 heterocycles. The van der Waals surface area contributed by atoms with Crippen molar-refractivity contribution in [3.8, 4) is 0 Å². The molecule has 1 saturated carbocycles. The molecule has 0 aromatic heterocycles. The minimum Gasteiger partial charge on any atom is -0.327 e. The summed E-state index contributed by atoms with van der Waals surface area (Å²) in [6.45, 7) is 4.17. The molecule has 2 atom stereocenters. The Morgan fingerprint density at radius 1 is 1.21 bits per heavy atom. The van der Waals surface area contributed by atoms with Gasteiger partial charge in [0.1, 0.15) is 0 Å². The van der Waals surface area contributed by atoms with E-state index in [-0.39, 0.29) is 6.04 Å². The Bertz CT molecular complexity index is 432. The van der Waals surface area contributed by atoms with Crippen LogP contribution in [0.1, 0.15) is 42.4 Å². The monoisotopic (exact) mass is 279 g/mol. The van der Waals surface area contributed by atoms with Crippen LogP contribution in [0.5, 0.6) is 0 Å². The third kappa shape index (κ3) is 4.43. The van der Waals surface area contributed by atoms with Crippen molar-refractivity contribution >= 4 is 10.8 Å². The molecule has 0 bridgehead atoms. The van der Waals surface area contributed by atoms with E-state index in [1.807, 2.05) is 0 Å². The maximum atomic E-state index is 12.2. The second-order valence-corrected chi connectivity index (χ2v) is 7.46. The summed E-state index contributed by atoms with van der Waals surface area (Å²) < 4.78 is 12.2. The second-order valence-electron chi connectivity index (χ2n) is 5.96. The molecule has 19 heavy (non-hydrogen) atoms. The van der Waals surface area contributed by atoms with Crippen molar-refractivity contribution in [2.75, 3.05) is 5.75 Å². The summed E-state index contributed by atoms with van der Waals surface area (Å²) in [6.07, 6.45) is 5.04. The molecule has 0 radical (unpaired) electrons. The average Bonchev–Trinajstić information content (AvgIpc) is 2.80. The highest BCUT2D eigenvalue weighted by Gasteiger charge is 2.23. The van der Waals surface area contributed by atoms with Gasteiger partial charge in [-0.25, -0.2) is 0 Å². The lowest BCUT2D eigenvalue weighted by atomic mass is 10.0. The summed E-state index contributed by atoms with van der Waals surface area (Å²) in [4.78, 5) is 0. The first-order valence-electron chi connectivity index (χ1n) is 7.22. The van der Waals surface area contributed by atoms with Crippen molar-refractivity contribution in [2.45, 2.75) is 51.3 Å². The van der Waals surface area contributed by atoms with Crippen molar-refractivity contribution < 1.29 is 4.21 Å². The van der Waals surface area contributed by atoms with Crippen molar-refractivity contribution in [1.82, 2.24) is 0 Å². The smallest absolute Gasteiger partial charge is 0.0486 e. The highest BCUT2D eigenvalue weighted by Crippen LogP contribution is 2.27. The van der Waals surface area contributed by atoms with Crippen LogP contribution in [0.4, 0.5) is 0 Å². The van der Waals surface area contributed by atoms with E-state index >= 15 is 0 Å². The molecule has 0 saturated heterocycles. The van der Waals surface area contributed by atoms with E-state index in [4.69, 9.17) is 5.73 Å². The summed E-state index contributed by atoms with van der Waals surface area (Å²) in [7, 11) is -0.839. The molecule has 2 N–H and O–H groups in total. The van der Waals surface area contributed by atoms with Crippen molar-refractivity contribution in [3.63, 3.8) is 0 Å². The van der Waals surface area contributed by atoms with Crippen molar-refractivity contribution in [2.24, 2.45) is 11.7 Å². The molecule has 2 rings (SSSR count). The fraction of sp³-hybridized carbons (Fsp3) is 0.625. The second kappa shape index (κ2) is 6.67. The molecule has 0 aliphatic heterocycles. The molecule has 1 aliphatic rings. The van der Waals surface area contributed by atoms with Gasteiger partial charge in [0, 0.05) is 28.3 Å². The summed E-state index contributed by atoms with van der Waals surface area (Å²) in [5.41, 5.74) is 9.86. The zero-order valence-electron chi connectivity index (χ0n) is 12.0. The quantitative estimate of drug-likeness (QED) is 0.900. The Labute approximate surface area is 119 Å². The van der Waals surface area contributed by atoms with E-state index in [0.29, 0.717) is 17.4 Å². The first-order valence-corrected chi connectivity index (χ1v) is 8.71. The third-order valence-electron chi connectivity index (χ3n) is 3.99. The Hall–Kier alpha value is -0.670. The predicted octanol–water partition coefficient (Wildman–Crippen LogP) is 3.07. The lowest BCUT2D eigenvalue weighted by molar-refractivity contribution is 0.460. The fourth-order valence-corrected chi connectivity index (χ4v) is 4.49. The molecule has 0 amide bonds. The normalized spacial score (nSPS) is 19.5. The third-order valence-corrected chi connectivity index (χ3v) is 5.40. The fourth-order valence-electron chi connectivity index (χ4n) is 3.13. The van der Waals surface area contributed by atoms with Crippen LogP contribution in [-0.4, -0.2) is 16.0 Å². The van der Waals surface area contributed by atoms with Crippen LogP contribution < -0.4 is 5.73 Å². The topological polar surface area (TPSA) is 43.1 Å². The predicted molar refractivity (Wildman–Crippen MR) is 82.6 cm³/mol. The molecule has 3 heteroatoms. The van der Waals surface area contributed by atoms with Crippen LogP contribution >= 0.6 is 0 Å². The van der Waals surface area contributed by atoms with Crippen LogP contribution in [0, 0.1) is 19.8 Å². The Morgan fingerprint density at radius 3 is 2.37 bits per heavy atom. The molecule has 2 unspecified atom stereocenters. The van der Waals surface area contributed by atoms with Crippen molar-refractivity contribution in [3.05, 3.63) is 34.9 Å². The summed E-state index contributed by atoms with van der Waals surface area (Å²) in [6, 6.07) is 6.53. The molecular weight excluding hydrogens is 254 g/mol. The van der Waals surface area contributed by atoms with Gasteiger partial charge in [-0.2, -0.15) is 0 Å². The van der Waals surface area contributed by atoms with E-state index in [1.165, 1.54) is 42.4 Å². The molecule has 2 nitrogen and oxygen atoms in total. The van der Waals surface area contributed by atoms with Crippen LogP contribution in [0.25, 0.3) is 0 Å². The van der Waals surface area contributed by atoms with E-state index in [2.05, 4.69) is 32.0 Å². The van der Waals surface area contributed by atoms with Gasteiger partial charge in [0.15, 0.2) is 0 Å². The largest absolute Gasteiger partial charge is 0.327 e. The summed E-state index contributed by atoms with van der Waals surface area (Å²) >= 11 is 0. The standard InChI is InChI=1S/C16H25NOS/c1-12-7-13(2)9-14(8-12)10-19(18)11-16(17)15-5-3-4-6-15/h7-9,15-16H,3-6,10-11,17H2,1-2H3. The minimum atomic E-state index is -0.839. The highest BCUT2D eigenvalue weighted by atomic mass is 32.2.